The molecule has 1 aliphatic heterocycles. The van der Waals surface area contributed by atoms with Crippen molar-refractivity contribution in [2.45, 2.75) is 25.8 Å². The summed E-state index contributed by atoms with van der Waals surface area (Å²) in [5, 5.41) is 1.66. The molecule has 11 heavy (non-hydrogen) atoms. The van der Waals surface area contributed by atoms with E-state index in [0.717, 1.165) is 19.5 Å². The van der Waals surface area contributed by atoms with E-state index in [1.807, 2.05) is 6.92 Å². The van der Waals surface area contributed by atoms with Gasteiger partial charge in [0.1, 0.15) is 0 Å². The standard InChI is InChI=1S/C7H15N3O/c1-6(8)5-7(11)10-4-2-3-9-10/h6,9H,2-5,8H2,1H3. The number of carbonyl (C=O) groups excluding carboxylic acids is 1. The van der Waals surface area contributed by atoms with Crippen LogP contribution >= 0.6 is 0 Å². The van der Waals surface area contributed by atoms with Crippen LogP contribution in [0.1, 0.15) is 19.8 Å². The largest absolute Gasteiger partial charge is 0.327 e. The topological polar surface area (TPSA) is 58.4 Å². The molecule has 0 aromatic rings. The first-order valence-electron chi connectivity index (χ1n) is 3.99. The van der Waals surface area contributed by atoms with Crippen molar-refractivity contribution in [2.75, 3.05) is 13.1 Å². The van der Waals surface area contributed by atoms with Gasteiger partial charge in [-0.2, -0.15) is 0 Å². The highest BCUT2D eigenvalue weighted by atomic mass is 16.2. The van der Waals surface area contributed by atoms with Gasteiger partial charge in [0.25, 0.3) is 0 Å². The van der Waals surface area contributed by atoms with E-state index in [-0.39, 0.29) is 11.9 Å². The van der Waals surface area contributed by atoms with E-state index in [1.165, 1.54) is 0 Å². The number of nitrogens with one attached hydrogen (secondary N) is 1. The summed E-state index contributed by atoms with van der Waals surface area (Å²) in [5.41, 5.74) is 8.48. The van der Waals surface area contributed by atoms with Gasteiger partial charge in [0.2, 0.25) is 5.91 Å². The molecule has 1 unspecified atom stereocenters. The molecule has 4 heteroatoms. The minimum Gasteiger partial charge on any atom is -0.327 e. The maximum absolute atomic E-state index is 11.2. The van der Waals surface area contributed by atoms with E-state index in [4.69, 9.17) is 5.73 Å². The minimum atomic E-state index is -0.0371. The number of hydrogen-bond acceptors (Lipinski definition) is 3. The lowest BCUT2D eigenvalue weighted by molar-refractivity contribution is -0.132. The van der Waals surface area contributed by atoms with Gasteiger partial charge >= 0.3 is 0 Å². The van der Waals surface area contributed by atoms with E-state index >= 15 is 0 Å². The minimum absolute atomic E-state index is 0.0371. The molecule has 3 N–H and O–H groups in total. The molecule has 0 radical (unpaired) electrons. The fourth-order valence-corrected chi connectivity index (χ4v) is 1.13. The fraction of sp³-hybridized carbons (Fsp3) is 0.857. The van der Waals surface area contributed by atoms with E-state index in [9.17, 15) is 4.79 Å². The van der Waals surface area contributed by atoms with Crippen molar-refractivity contribution in [2.24, 2.45) is 5.73 Å². The second-order valence-corrected chi connectivity index (χ2v) is 2.99. The monoisotopic (exact) mass is 157 g/mol. The number of hydrogen-bond donors (Lipinski definition) is 2. The molecule has 1 rings (SSSR count). The molecule has 1 heterocycles. The quantitative estimate of drug-likeness (QED) is 0.566. The third kappa shape index (κ3) is 2.48. The van der Waals surface area contributed by atoms with Crippen molar-refractivity contribution < 1.29 is 4.79 Å². The second kappa shape index (κ2) is 3.69. The first-order valence-corrected chi connectivity index (χ1v) is 3.99. The van der Waals surface area contributed by atoms with Crippen LogP contribution in [0.4, 0.5) is 0 Å². The lowest BCUT2D eigenvalue weighted by Gasteiger charge is -2.16. The molecule has 0 spiro atoms. The van der Waals surface area contributed by atoms with Crippen LogP contribution in [0, 0.1) is 0 Å². The Balaban J connectivity index is 2.28. The Morgan fingerprint density at radius 3 is 3.00 bits per heavy atom. The zero-order valence-electron chi connectivity index (χ0n) is 6.84. The van der Waals surface area contributed by atoms with Crippen LogP contribution < -0.4 is 11.2 Å². The number of carbonyl (C=O) groups is 1. The van der Waals surface area contributed by atoms with Crippen molar-refractivity contribution in [3.05, 3.63) is 0 Å². The molecule has 0 aromatic heterocycles. The van der Waals surface area contributed by atoms with E-state index in [0.29, 0.717) is 6.42 Å². The van der Waals surface area contributed by atoms with Crippen LogP contribution in [0.15, 0.2) is 0 Å². The van der Waals surface area contributed by atoms with Crippen molar-refractivity contribution in [3.63, 3.8) is 0 Å². The molecule has 1 aliphatic rings. The highest BCUT2D eigenvalue weighted by molar-refractivity contribution is 5.76. The molecule has 0 aromatic carbocycles. The molecule has 1 fully saturated rings. The highest BCUT2D eigenvalue weighted by Gasteiger charge is 2.17. The Bertz CT molecular complexity index is 141. The summed E-state index contributed by atoms with van der Waals surface area (Å²) >= 11 is 0. The van der Waals surface area contributed by atoms with Gasteiger partial charge in [-0.15, -0.1) is 0 Å². The zero-order valence-corrected chi connectivity index (χ0v) is 6.84. The van der Waals surface area contributed by atoms with Gasteiger partial charge in [0.15, 0.2) is 0 Å². The summed E-state index contributed by atoms with van der Waals surface area (Å²) in [4.78, 5) is 11.2. The normalized spacial score (nSPS) is 20.4. The predicted molar refractivity (Wildman–Crippen MR) is 42.6 cm³/mol. The first-order chi connectivity index (χ1) is 5.20. The summed E-state index contributed by atoms with van der Waals surface area (Å²) in [5.74, 6) is 0.109. The summed E-state index contributed by atoms with van der Waals surface area (Å²) < 4.78 is 0. The number of hydrazine groups is 1. The SMILES string of the molecule is CC(N)CC(=O)N1CCCN1. The smallest absolute Gasteiger partial charge is 0.238 e. The Kier molecular flexibility index (Phi) is 2.84. The van der Waals surface area contributed by atoms with Crippen LogP contribution in [-0.4, -0.2) is 30.0 Å². The van der Waals surface area contributed by atoms with Gasteiger partial charge in [-0.1, -0.05) is 0 Å². The van der Waals surface area contributed by atoms with E-state index < -0.39 is 0 Å². The zero-order chi connectivity index (χ0) is 8.27. The predicted octanol–water partition coefficient (Wildman–Crippen LogP) is -0.539. The molecular formula is C7H15N3O. The average Bonchev–Trinajstić information content (AvgIpc) is 2.35. The Labute approximate surface area is 66.7 Å². The number of nitrogens with two attached hydrogens (primary N) is 1. The van der Waals surface area contributed by atoms with Crippen molar-refractivity contribution in [3.8, 4) is 0 Å². The maximum atomic E-state index is 11.2. The Morgan fingerprint density at radius 1 is 1.82 bits per heavy atom. The van der Waals surface area contributed by atoms with Gasteiger partial charge in [0, 0.05) is 25.6 Å². The summed E-state index contributed by atoms with van der Waals surface area (Å²) in [6, 6.07) is -0.0371. The third-order valence-electron chi connectivity index (χ3n) is 1.66. The Morgan fingerprint density at radius 2 is 2.55 bits per heavy atom. The van der Waals surface area contributed by atoms with Crippen LogP contribution in [0.3, 0.4) is 0 Å². The van der Waals surface area contributed by atoms with Crippen molar-refractivity contribution >= 4 is 5.91 Å². The van der Waals surface area contributed by atoms with Crippen LogP contribution in [-0.2, 0) is 4.79 Å². The number of amides is 1. The molecule has 0 saturated carbocycles. The molecule has 4 nitrogen and oxygen atoms in total. The maximum Gasteiger partial charge on any atom is 0.238 e. The van der Waals surface area contributed by atoms with Crippen LogP contribution in [0.25, 0.3) is 0 Å². The summed E-state index contributed by atoms with van der Waals surface area (Å²) in [7, 11) is 0. The lowest BCUT2D eigenvalue weighted by atomic mass is 10.2. The van der Waals surface area contributed by atoms with Gasteiger partial charge in [-0.25, -0.2) is 5.43 Å². The highest BCUT2D eigenvalue weighted by Crippen LogP contribution is 2.00. The summed E-state index contributed by atoms with van der Waals surface area (Å²) in [6.45, 7) is 3.57. The Hall–Kier alpha value is -0.610. The molecule has 1 amide bonds. The fourth-order valence-electron chi connectivity index (χ4n) is 1.13. The molecule has 1 atom stereocenters. The first kappa shape index (κ1) is 8.49. The second-order valence-electron chi connectivity index (χ2n) is 2.99. The van der Waals surface area contributed by atoms with Crippen LogP contribution in [0.5, 0.6) is 0 Å². The molecular weight excluding hydrogens is 142 g/mol. The van der Waals surface area contributed by atoms with E-state index in [1.54, 1.807) is 5.01 Å². The van der Waals surface area contributed by atoms with Crippen LogP contribution in [0.2, 0.25) is 0 Å². The number of nitrogens with zero attached hydrogens (tertiary/aromatic N) is 1. The van der Waals surface area contributed by atoms with Crippen molar-refractivity contribution in [1.82, 2.24) is 10.4 Å². The van der Waals surface area contributed by atoms with Gasteiger partial charge < -0.3 is 5.73 Å². The lowest BCUT2D eigenvalue weighted by Crippen LogP contribution is -2.39. The number of rotatable bonds is 2. The van der Waals surface area contributed by atoms with Gasteiger partial charge in [0.05, 0.1) is 0 Å². The third-order valence-corrected chi connectivity index (χ3v) is 1.66. The van der Waals surface area contributed by atoms with Gasteiger partial charge in [-0.05, 0) is 13.3 Å². The molecule has 64 valence electrons. The molecule has 1 saturated heterocycles. The van der Waals surface area contributed by atoms with Crippen molar-refractivity contribution in [1.29, 1.82) is 0 Å². The summed E-state index contributed by atoms with van der Waals surface area (Å²) in [6.07, 6.45) is 1.48. The average molecular weight is 157 g/mol. The molecule has 0 aliphatic carbocycles. The molecule has 0 bridgehead atoms. The van der Waals surface area contributed by atoms with E-state index in [2.05, 4.69) is 5.43 Å². The van der Waals surface area contributed by atoms with Gasteiger partial charge in [-0.3, -0.25) is 9.80 Å².